The van der Waals surface area contributed by atoms with Crippen LogP contribution >= 0.6 is 15.9 Å². The molecule has 8 nitrogen and oxygen atoms in total. The van der Waals surface area contributed by atoms with Gasteiger partial charge in [-0.05, 0) is 34.5 Å². The third-order valence-electron chi connectivity index (χ3n) is 3.84. The first-order valence-electron chi connectivity index (χ1n) is 8.26. The maximum atomic E-state index is 12.3. The first-order chi connectivity index (χ1) is 12.9. The van der Waals surface area contributed by atoms with E-state index in [4.69, 9.17) is 5.11 Å². The first-order valence-corrected chi connectivity index (χ1v) is 9.05. The SMILES string of the molecule is Cc1ccc(Cn2cc(Br)c(NC(=O)c3ccn(CCC(=O)O)n3)n2)cc1. The van der Waals surface area contributed by atoms with Gasteiger partial charge in [0.1, 0.15) is 0 Å². The second-order valence-electron chi connectivity index (χ2n) is 6.07. The van der Waals surface area contributed by atoms with E-state index in [1.54, 1.807) is 17.1 Å². The second-order valence-corrected chi connectivity index (χ2v) is 6.93. The van der Waals surface area contributed by atoms with Gasteiger partial charge < -0.3 is 10.4 Å². The van der Waals surface area contributed by atoms with E-state index in [2.05, 4.69) is 31.4 Å². The zero-order valence-electron chi connectivity index (χ0n) is 14.6. The molecule has 0 unspecified atom stereocenters. The first kappa shape index (κ1) is 18.8. The summed E-state index contributed by atoms with van der Waals surface area (Å²) in [6.45, 7) is 2.82. The molecular formula is C18H18BrN5O3. The molecular weight excluding hydrogens is 414 g/mol. The summed E-state index contributed by atoms with van der Waals surface area (Å²) < 4.78 is 3.82. The Labute approximate surface area is 163 Å². The van der Waals surface area contributed by atoms with Gasteiger partial charge in [-0.25, -0.2) is 0 Å². The van der Waals surface area contributed by atoms with E-state index in [1.807, 2.05) is 31.2 Å². The Morgan fingerprint density at radius 1 is 1.15 bits per heavy atom. The van der Waals surface area contributed by atoms with E-state index in [9.17, 15) is 9.59 Å². The fourth-order valence-electron chi connectivity index (χ4n) is 2.43. The number of carbonyl (C=O) groups is 2. The van der Waals surface area contributed by atoms with Crippen LogP contribution in [0.15, 0.2) is 47.2 Å². The van der Waals surface area contributed by atoms with Gasteiger partial charge in [-0.2, -0.15) is 10.2 Å². The minimum absolute atomic E-state index is 0.0578. The number of aliphatic carboxylic acids is 1. The van der Waals surface area contributed by atoms with E-state index >= 15 is 0 Å². The van der Waals surface area contributed by atoms with Crippen molar-refractivity contribution < 1.29 is 14.7 Å². The number of nitrogens with zero attached hydrogens (tertiary/aromatic N) is 4. The van der Waals surface area contributed by atoms with Crippen molar-refractivity contribution in [3.05, 3.63) is 64.0 Å². The topological polar surface area (TPSA) is 102 Å². The Hall–Kier alpha value is -2.94. The second kappa shape index (κ2) is 8.17. The van der Waals surface area contributed by atoms with Crippen molar-refractivity contribution in [3.8, 4) is 0 Å². The molecule has 0 radical (unpaired) electrons. The molecule has 0 aliphatic rings. The van der Waals surface area contributed by atoms with Crippen molar-refractivity contribution in [1.29, 1.82) is 0 Å². The van der Waals surface area contributed by atoms with E-state index in [0.29, 0.717) is 16.8 Å². The van der Waals surface area contributed by atoms with Crippen LogP contribution < -0.4 is 5.32 Å². The average Bonchev–Trinajstić information content (AvgIpc) is 3.22. The Morgan fingerprint density at radius 3 is 2.59 bits per heavy atom. The van der Waals surface area contributed by atoms with E-state index in [0.717, 1.165) is 5.56 Å². The van der Waals surface area contributed by atoms with Gasteiger partial charge in [-0.15, -0.1) is 0 Å². The van der Waals surface area contributed by atoms with Gasteiger partial charge in [0.15, 0.2) is 11.5 Å². The van der Waals surface area contributed by atoms with Crippen molar-refractivity contribution in [1.82, 2.24) is 19.6 Å². The molecule has 0 spiro atoms. The summed E-state index contributed by atoms with van der Waals surface area (Å²) in [6.07, 6.45) is 3.31. The standard InChI is InChI=1S/C18H18BrN5O3/c1-12-2-4-13(5-3-12)10-24-11-14(19)17(22-24)20-18(27)15-6-8-23(21-15)9-7-16(25)26/h2-6,8,11H,7,9-10H2,1H3,(H,25,26)(H,20,22,27). The number of anilines is 1. The lowest BCUT2D eigenvalue weighted by Crippen LogP contribution is -2.15. The number of aryl methyl sites for hydroxylation is 2. The van der Waals surface area contributed by atoms with Crippen molar-refractivity contribution in [2.24, 2.45) is 0 Å². The number of rotatable bonds is 7. The number of hydrogen-bond donors (Lipinski definition) is 2. The molecule has 2 heterocycles. The summed E-state index contributed by atoms with van der Waals surface area (Å²) in [5.74, 6) is -0.933. The maximum Gasteiger partial charge on any atom is 0.305 e. The van der Waals surface area contributed by atoms with Gasteiger partial charge in [0, 0.05) is 12.4 Å². The normalized spacial score (nSPS) is 10.7. The van der Waals surface area contributed by atoms with E-state index in [1.165, 1.54) is 16.3 Å². The van der Waals surface area contributed by atoms with Crippen molar-refractivity contribution in [2.45, 2.75) is 26.4 Å². The highest BCUT2D eigenvalue weighted by Gasteiger charge is 2.15. The summed E-state index contributed by atoms with van der Waals surface area (Å²) in [7, 11) is 0. The van der Waals surface area contributed by atoms with Crippen LogP contribution in [0.2, 0.25) is 0 Å². The van der Waals surface area contributed by atoms with Gasteiger partial charge in [-0.3, -0.25) is 19.0 Å². The third-order valence-corrected chi connectivity index (χ3v) is 4.42. The zero-order chi connectivity index (χ0) is 19.4. The molecule has 1 amide bonds. The van der Waals surface area contributed by atoms with Gasteiger partial charge in [0.2, 0.25) is 0 Å². The molecule has 3 rings (SSSR count). The number of nitrogens with one attached hydrogen (secondary N) is 1. The van der Waals surface area contributed by atoms with Crippen LogP contribution in [0.5, 0.6) is 0 Å². The molecule has 0 aliphatic heterocycles. The predicted molar refractivity (Wildman–Crippen MR) is 103 cm³/mol. The number of halogens is 1. The molecule has 3 aromatic rings. The molecule has 2 N–H and O–H groups in total. The number of benzene rings is 1. The Morgan fingerprint density at radius 2 is 1.89 bits per heavy atom. The fraction of sp³-hybridized carbons (Fsp3) is 0.222. The van der Waals surface area contributed by atoms with Gasteiger partial charge >= 0.3 is 5.97 Å². The summed E-state index contributed by atoms with van der Waals surface area (Å²) in [5.41, 5.74) is 2.49. The molecule has 0 bridgehead atoms. The number of carboxylic acids is 1. The molecule has 27 heavy (non-hydrogen) atoms. The van der Waals surface area contributed by atoms with Crippen LogP contribution in [-0.2, 0) is 17.9 Å². The smallest absolute Gasteiger partial charge is 0.305 e. The molecule has 1 aromatic carbocycles. The molecule has 0 fully saturated rings. The largest absolute Gasteiger partial charge is 0.481 e. The Kier molecular flexibility index (Phi) is 5.70. The minimum Gasteiger partial charge on any atom is -0.481 e. The van der Waals surface area contributed by atoms with E-state index in [-0.39, 0.29) is 18.7 Å². The molecule has 0 atom stereocenters. The Balaban J connectivity index is 1.65. The van der Waals surface area contributed by atoms with Crippen LogP contribution in [-0.4, -0.2) is 36.5 Å². The lowest BCUT2D eigenvalue weighted by atomic mass is 10.1. The molecule has 9 heteroatoms. The molecule has 2 aromatic heterocycles. The summed E-state index contributed by atoms with van der Waals surface area (Å²) in [5, 5.41) is 19.9. The summed E-state index contributed by atoms with van der Waals surface area (Å²) >= 11 is 3.40. The van der Waals surface area contributed by atoms with Gasteiger partial charge in [-0.1, -0.05) is 29.8 Å². The number of hydrogen-bond acceptors (Lipinski definition) is 4. The highest BCUT2D eigenvalue weighted by atomic mass is 79.9. The number of amides is 1. The molecule has 0 saturated heterocycles. The van der Waals surface area contributed by atoms with Crippen molar-refractivity contribution >= 4 is 33.6 Å². The number of carbonyl (C=O) groups excluding carboxylic acids is 1. The molecule has 0 aliphatic carbocycles. The van der Waals surface area contributed by atoms with Crippen LogP contribution in [0.4, 0.5) is 5.82 Å². The number of aromatic nitrogens is 4. The predicted octanol–water partition coefficient (Wildman–Crippen LogP) is 2.93. The lowest BCUT2D eigenvalue weighted by Gasteiger charge is -2.03. The summed E-state index contributed by atoms with van der Waals surface area (Å²) in [6, 6.07) is 9.68. The summed E-state index contributed by atoms with van der Waals surface area (Å²) in [4.78, 5) is 23.0. The minimum atomic E-state index is -0.917. The monoisotopic (exact) mass is 431 g/mol. The lowest BCUT2D eigenvalue weighted by molar-refractivity contribution is -0.137. The molecule has 140 valence electrons. The third kappa shape index (κ3) is 5.04. The quantitative estimate of drug-likeness (QED) is 0.598. The zero-order valence-corrected chi connectivity index (χ0v) is 16.2. The number of carboxylic acid groups (broad SMARTS) is 1. The van der Waals surface area contributed by atoms with Crippen molar-refractivity contribution in [3.63, 3.8) is 0 Å². The highest BCUT2D eigenvalue weighted by Crippen LogP contribution is 2.21. The molecule has 0 saturated carbocycles. The Bertz CT molecular complexity index is 962. The van der Waals surface area contributed by atoms with Crippen LogP contribution in [0, 0.1) is 6.92 Å². The fourth-order valence-corrected chi connectivity index (χ4v) is 2.85. The van der Waals surface area contributed by atoms with Crippen LogP contribution in [0.25, 0.3) is 0 Å². The van der Waals surface area contributed by atoms with Gasteiger partial charge in [0.25, 0.3) is 5.91 Å². The highest BCUT2D eigenvalue weighted by molar-refractivity contribution is 9.10. The van der Waals surface area contributed by atoms with Crippen LogP contribution in [0.3, 0.4) is 0 Å². The van der Waals surface area contributed by atoms with Crippen LogP contribution in [0.1, 0.15) is 28.0 Å². The average molecular weight is 432 g/mol. The maximum absolute atomic E-state index is 12.3. The van der Waals surface area contributed by atoms with E-state index < -0.39 is 11.9 Å². The van der Waals surface area contributed by atoms with Crippen molar-refractivity contribution in [2.75, 3.05) is 5.32 Å². The van der Waals surface area contributed by atoms with Gasteiger partial charge in [0.05, 0.1) is 24.0 Å².